The largest absolute Gasteiger partial charge is 0.361 e. The number of para-hydroxylation sites is 1. The molecular weight excluding hydrogens is 401 g/mol. The number of halogens is 1. The molecule has 2 unspecified atom stereocenters. The van der Waals surface area contributed by atoms with E-state index in [4.69, 9.17) is 4.74 Å². The number of nitrogens with zero attached hydrogens (tertiary/aromatic N) is 3. The van der Waals surface area contributed by atoms with E-state index in [1.54, 1.807) is 6.33 Å². The number of aromatic nitrogens is 2. The highest BCUT2D eigenvalue weighted by molar-refractivity contribution is 5.92. The molecule has 4 nitrogen and oxygen atoms in total. The summed E-state index contributed by atoms with van der Waals surface area (Å²) in [5.74, 6) is -0.0803. The fourth-order valence-corrected chi connectivity index (χ4v) is 5.03. The molecular formula is C27H26FN3O. The van der Waals surface area contributed by atoms with Crippen LogP contribution in [0.5, 0.6) is 0 Å². The van der Waals surface area contributed by atoms with Crippen LogP contribution in [0.15, 0.2) is 73.1 Å². The Kier molecular flexibility index (Phi) is 5.24. The SMILES string of the molecule is CC(CN(C)C)C1(c2ccc(F)cc2)OCc2cc(-c3ncnc4ccccc34)ccc21. The van der Waals surface area contributed by atoms with Crippen LogP contribution in [0.25, 0.3) is 22.2 Å². The van der Waals surface area contributed by atoms with Crippen molar-refractivity contribution in [2.75, 3.05) is 20.6 Å². The van der Waals surface area contributed by atoms with Gasteiger partial charge in [0.25, 0.3) is 0 Å². The van der Waals surface area contributed by atoms with Crippen molar-refractivity contribution in [3.05, 3.63) is 95.6 Å². The highest BCUT2D eigenvalue weighted by Crippen LogP contribution is 2.48. The molecule has 0 aliphatic carbocycles. The zero-order chi connectivity index (χ0) is 22.3. The maximum Gasteiger partial charge on any atom is 0.123 e. The topological polar surface area (TPSA) is 38.2 Å². The van der Waals surface area contributed by atoms with Crippen molar-refractivity contribution in [1.82, 2.24) is 14.9 Å². The van der Waals surface area contributed by atoms with Gasteiger partial charge < -0.3 is 9.64 Å². The fraction of sp³-hybridized carbons (Fsp3) is 0.259. The maximum atomic E-state index is 13.7. The summed E-state index contributed by atoms with van der Waals surface area (Å²) in [7, 11) is 4.13. The van der Waals surface area contributed by atoms with E-state index < -0.39 is 5.60 Å². The van der Waals surface area contributed by atoms with Crippen LogP contribution in [-0.4, -0.2) is 35.5 Å². The van der Waals surface area contributed by atoms with Gasteiger partial charge in [0.05, 0.1) is 17.8 Å². The van der Waals surface area contributed by atoms with Crippen molar-refractivity contribution in [2.24, 2.45) is 5.92 Å². The van der Waals surface area contributed by atoms with Crippen molar-refractivity contribution in [1.29, 1.82) is 0 Å². The lowest BCUT2D eigenvalue weighted by atomic mass is 9.76. The monoisotopic (exact) mass is 427 g/mol. The minimum Gasteiger partial charge on any atom is -0.361 e. The quantitative estimate of drug-likeness (QED) is 0.427. The van der Waals surface area contributed by atoms with Crippen LogP contribution in [0.1, 0.15) is 23.6 Å². The van der Waals surface area contributed by atoms with Gasteiger partial charge in [-0.2, -0.15) is 0 Å². The molecule has 5 rings (SSSR count). The normalized spacial score (nSPS) is 18.8. The highest BCUT2D eigenvalue weighted by atomic mass is 19.1. The zero-order valence-corrected chi connectivity index (χ0v) is 18.5. The van der Waals surface area contributed by atoms with Gasteiger partial charge >= 0.3 is 0 Å². The summed E-state index contributed by atoms with van der Waals surface area (Å²) >= 11 is 0. The average Bonchev–Trinajstić information content (AvgIpc) is 3.18. The van der Waals surface area contributed by atoms with Gasteiger partial charge in [-0.3, -0.25) is 0 Å². The van der Waals surface area contributed by atoms with Crippen molar-refractivity contribution < 1.29 is 9.13 Å². The highest BCUT2D eigenvalue weighted by Gasteiger charge is 2.46. The Morgan fingerprint density at radius 1 is 1.03 bits per heavy atom. The predicted octanol–water partition coefficient (Wildman–Crippen LogP) is 5.41. The first-order valence-electron chi connectivity index (χ1n) is 10.9. The molecule has 2 heterocycles. The summed E-state index contributed by atoms with van der Waals surface area (Å²) in [5, 5.41) is 1.03. The molecule has 0 saturated heterocycles. The molecule has 162 valence electrons. The Morgan fingerprint density at radius 3 is 2.59 bits per heavy atom. The van der Waals surface area contributed by atoms with Crippen LogP contribution in [-0.2, 0) is 16.9 Å². The first-order valence-corrected chi connectivity index (χ1v) is 10.9. The Balaban J connectivity index is 1.64. The van der Waals surface area contributed by atoms with E-state index in [9.17, 15) is 4.39 Å². The van der Waals surface area contributed by atoms with E-state index in [0.29, 0.717) is 6.61 Å². The Labute approximate surface area is 187 Å². The smallest absolute Gasteiger partial charge is 0.123 e. The molecule has 5 heteroatoms. The van der Waals surface area contributed by atoms with Gasteiger partial charge in [-0.05, 0) is 55.1 Å². The van der Waals surface area contributed by atoms with Crippen LogP contribution in [0, 0.1) is 11.7 Å². The standard InChI is InChI=1S/C27H26FN3O/c1-18(15-31(2)3)27(21-9-11-22(28)12-10-21)24-13-8-19(14-20(24)16-32-27)26-23-6-4-5-7-25(23)29-17-30-26/h4-14,17-18H,15-16H2,1-3H3. The summed E-state index contributed by atoms with van der Waals surface area (Å²) in [6, 6.07) is 21.2. The molecule has 2 atom stereocenters. The second-order valence-electron chi connectivity index (χ2n) is 8.81. The number of hydrogen-bond donors (Lipinski definition) is 0. The molecule has 0 spiro atoms. The van der Waals surface area contributed by atoms with E-state index in [0.717, 1.165) is 45.4 Å². The molecule has 1 aliphatic heterocycles. The van der Waals surface area contributed by atoms with E-state index in [-0.39, 0.29) is 11.7 Å². The fourth-order valence-electron chi connectivity index (χ4n) is 5.03. The van der Waals surface area contributed by atoms with Gasteiger partial charge in [-0.25, -0.2) is 14.4 Å². The van der Waals surface area contributed by atoms with Gasteiger partial charge in [0.15, 0.2) is 0 Å². The number of rotatable bonds is 5. The molecule has 1 aliphatic rings. The lowest BCUT2D eigenvalue weighted by molar-refractivity contribution is -0.0505. The predicted molar refractivity (Wildman–Crippen MR) is 125 cm³/mol. The molecule has 3 aromatic carbocycles. The first kappa shape index (κ1) is 20.7. The van der Waals surface area contributed by atoms with E-state index >= 15 is 0 Å². The van der Waals surface area contributed by atoms with Gasteiger partial charge in [-0.15, -0.1) is 0 Å². The summed E-state index contributed by atoms with van der Waals surface area (Å²) in [5.41, 5.74) is 5.52. The molecule has 0 bridgehead atoms. The third kappa shape index (κ3) is 3.38. The molecule has 0 radical (unpaired) electrons. The molecule has 32 heavy (non-hydrogen) atoms. The van der Waals surface area contributed by atoms with Gasteiger partial charge in [-0.1, -0.05) is 49.4 Å². The second kappa shape index (κ2) is 8.08. The molecule has 0 saturated carbocycles. The van der Waals surface area contributed by atoms with Crippen LogP contribution in [0.4, 0.5) is 4.39 Å². The number of fused-ring (bicyclic) bond motifs is 2. The molecule has 4 aromatic rings. The third-order valence-corrected chi connectivity index (χ3v) is 6.38. The van der Waals surface area contributed by atoms with Crippen LogP contribution < -0.4 is 0 Å². The Hall–Kier alpha value is -3.15. The van der Waals surface area contributed by atoms with E-state index in [1.807, 2.05) is 30.3 Å². The van der Waals surface area contributed by atoms with E-state index in [1.165, 1.54) is 12.1 Å². The number of ether oxygens (including phenoxy) is 1. The number of benzene rings is 3. The first-order chi connectivity index (χ1) is 15.5. The lowest BCUT2D eigenvalue weighted by Crippen LogP contribution is -2.40. The third-order valence-electron chi connectivity index (χ3n) is 6.38. The maximum absolute atomic E-state index is 13.7. The minimum atomic E-state index is -0.625. The lowest BCUT2D eigenvalue weighted by Gasteiger charge is -2.37. The number of hydrogen-bond acceptors (Lipinski definition) is 4. The van der Waals surface area contributed by atoms with Gasteiger partial charge in [0.2, 0.25) is 0 Å². The van der Waals surface area contributed by atoms with Crippen LogP contribution in [0.2, 0.25) is 0 Å². The summed E-state index contributed by atoms with van der Waals surface area (Å²) in [6.07, 6.45) is 1.61. The molecule has 0 amide bonds. The molecule has 1 aromatic heterocycles. The van der Waals surface area contributed by atoms with Gasteiger partial charge in [0, 0.05) is 23.4 Å². The van der Waals surface area contributed by atoms with Crippen molar-refractivity contribution >= 4 is 10.9 Å². The summed E-state index contributed by atoms with van der Waals surface area (Å²) in [6.45, 7) is 3.54. The van der Waals surface area contributed by atoms with Gasteiger partial charge in [0.1, 0.15) is 17.7 Å². The Morgan fingerprint density at radius 2 is 1.81 bits per heavy atom. The van der Waals surface area contributed by atoms with Crippen LogP contribution in [0.3, 0.4) is 0 Å². The van der Waals surface area contributed by atoms with Crippen molar-refractivity contribution in [3.8, 4) is 11.3 Å². The second-order valence-corrected chi connectivity index (χ2v) is 8.81. The van der Waals surface area contributed by atoms with E-state index in [2.05, 4.69) is 60.2 Å². The molecule has 0 N–H and O–H groups in total. The van der Waals surface area contributed by atoms with Crippen molar-refractivity contribution in [3.63, 3.8) is 0 Å². The Bertz CT molecular complexity index is 1270. The minimum absolute atomic E-state index is 0.162. The zero-order valence-electron chi connectivity index (χ0n) is 18.5. The van der Waals surface area contributed by atoms with Crippen molar-refractivity contribution in [2.45, 2.75) is 19.1 Å². The molecule has 0 fully saturated rings. The average molecular weight is 428 g/mol. The summed E-state index contributed by atoms with van der Waals surface area (Å²) < 4.78 is 20.3. The summed E-state index contributed by atoms with van der Waals surface area (Å²) in [4.78, 5) is 11.1. The van der Waals surface area contributed by atoms with Crippen LogP contribution >= 0.6 is 0 Å².